The van der Waals surface area contributed by atoms with Crippen molar-refractivity contribution >= 4 is 11.6 Å². The molecule has 0 spiro atoms. The van der Waals surface area contributed by atoms with Crippen LogP contribution in [0, 0.1) is 0 Å². The molecule has 0 aromatic heterocycles. The smallest absolute Gasteiger partial charge is 0.142 e. The second kappa shape index (κ2) is 7.36. The van der Waals surface area contributed by atoms with Gasteiger partial charge in [-0.05, 0) is 32.5 Å². The van der Waals surface area contributed by atoms with Gasteiger partial charge in [0.05, 0.1) is 5.02 Å². The molecule has 0 radical (unpaired) electrons. The second-order valence-corrected chi connectivity index (χ2v) is 4.51. The molecule has 17 heavy (non-hydrogen) atoms. The van der Waals surface area contributed by atoms with E-state index in [4.69, 9.17) is 16.3 Å². The Hall–Kier alpha value is -0.990. The zero-order valence-corrected chi connectivity index (χ0v) is 11.5. The molecule has 94 valence electrons. The Morgan fingerprint density at radius 3 is 2.82 bits per heavy atom. The van der Waals surface area contributed by atoms with Gasteiger partial charge in [-0.1, -0.05) is 36.2 Å². The van der Waals surface area contributed by atoms with Crippen LogP contribution in [0.5, 0.6) is 5.75 Å². The van der Waals surface area contributed by atoms with Gasteiger partial charge in [-0.2, -0.15) is 0 Å². The highest BCUT2D eigenvalue weighted by Crippen LogP contribution is 2.28. The molecule has 1 N–H and O–H groups in total. The summed E-state index contributed by atoms with van der Waals surface area (Å²) in [5.41, 5.74) is 2.34. The van der Waals surface area contributed by atoms with Crippen LogP contribution in [-0.2, 0) is 6.54 Å². The number of para-hydroxylation sites is 1. The average Bonchev–Trinajstić information content (AvgIpc) is 2.29. The molecule has 1 rings (SSSR count). The maximum Gasteiger partial charge on any atom is 0.142 e. The summed E-state index contributed by atoms with van der Waals surface area (Å²) in [6.07, 6.45) is 2.04. The molecule has 0 bridgehead atoms. The molecule has 3 heteroatoms. The van der Waals surface area contributed by atoms with E-state index in [-0.39, 0.29) is 0 Å². The largest absolute Gasteiger partial charge is 0.488 e. The summed E-state index contributed by atoms with van der Waals surface area (Å²) in [6.45, 7) is 8.45. The van der Waals surface area contributed by atoms with Gasteiger partial charge >= 0.3 is 0 Å². The van der Waals surface area contributed by atoms with Gasteiger partial charge in [0.25, 0.3) is 0 Å². The summed E-state index contributed by atoms with van der Waals surface area (Å²) < 4.78 is 5.73. The van der Waals surface area contributed by atoms with Gasteiger partial charge in [-0.25, -0.2) is 0 Å². The molecular formula is C14H20ClNO. The van der Waals surface area contributed by atoms with Crippen LogP contribution in [0.1, 0.15) is 26.3 Å². The number of hydrogen-bond donors (Lipinski definition) is 1. The number of ether oxygens (including phenoxy) is 1. The van der Waals surface area contributed by atoms with E-state index in [1.54, 1.807) is 0 Å². The lowest BCUT2D eigenvalue weighted by molar-refractivity contribution is 0.357. The molecule has 0 aliphatic rings. The van der Waals surface area contributed by atoms with E-state index in [0.29, 0.717) is 11.6 Å². The van der Waals surface area contributed by atoms with Gasteiger partial charge < -0.3 is 10.1 Å². The van der Waals surface area contributed by atoms with E-state index in [1.807, 2.05) is 24.3 Å². The Labute approximate surface area is 109 Å². The van der Waals surface area contributed by atoms with E-state index in [0.717, 1.165) is 24.4 Å². The molecule has 0 unspecified atom stereocenters. The molecule has 0 saturated carbocycles. The van der Waals surface area contributed by atoms with E-state index < -0.39 is 0 Å². The minimum absolute atomic E-state index is 0.561. The van der Waals surface area contributed by atoms with Crippen molar-refractivity contribution in [2.45, 2.75) is 27.3 Å². The number of benzene rings is 1. The van der Waals surface area contributed by atoms with Gasteiger partial charge in [-0.3, -0.25) is 0 Å². The highest BCUT2D eigenvalue weighted by Gasteiger charge is 2.07. The topological polar surface area (TPSA) is 21.3 Å². The van der Waals surface area contributed by atoms with E-state index in [9.17, 15) is 0 Å². The summed E-state index contributed by atoms with van der Waals surface area (Å²) >= 11 is 6.15. The fraction of sp³-hybridized carbons (Fsp3) is 0.429. The predicted octanol–water partition coefficient (Wildman–Crippen LogP) is 3.79. The summed E-state index contributed by atoms with van der Waals surface area (Å²) in [5, 5.41) is 3.95. The van der Waals surface area contributed by atoms with Crippen LogP contribution in [0.15, 0.2) is 29.8 Å². The molecule has 0 aliphatic heterocycles. The van der Waals surface area contributed by atoms with Crippen LogP contribution < -0.4 is 10.1 Å². The van der Waals surface area contributed by atoms with Crippen molar-refractivity contribution in [2.75, 3.05) is 13.2 Å². The monoisotopic (exact) mass is 253 g/mol. The summed E-state index contributed by atoms with van der Waals surface area (Å²) in [6, 6.07) is 5.84. The Kier molecular flexibility index (Phi) is 6.09. The first kappa shape index (κ1) is 14.1. The van der Waals surface area contributed by atoms with Crippen molar-refractivity contribution in [1.29, 1.82) is 0 Å². The maximum atomic E-state index is 6.15. The van der Waals surface area contributed by atoms with Crippen molar-refractivity contribution in [3.05, 3.63) is 40.4 Å². The highest BCUT2D eigenvalue weighted by atomic mass is 35.5. The molecule has 0 amide bonds. The molecule has 0 aliphatic carbocycles. The SMILES string of the molecule is CCNCc1cccc(Cl)c1OCC=C(C)C. The summed E-state index contributed by atoms with van der Waals surface area (Å²) in [4.78, 5) is 0. The van der Waals surface area contributed by atoms with Crippen LogP contribution >= 0.6 is 11.6 Å². The van der Waals surface area contributed by atoms with Crippen LogP contribution in [0.2, 0.25) is 5.02 Å². The quantitative estimate of drug-likeness (QED) is 0.779. The highest BCUT2D eigenvalue weighted by molar-refractivity contribution is 6.32. The first-order chi connectivity index (χ1) is 8.15. The van der Waals surface area contributed by atoms with Crippen molar-refractivity contribution < 1.29 is 4.74 Å². The molecule has 1 aromatic carbocycles. The van der Waals surface area contributed by atoms with Crippen LogP contribution in [-0.4, -0.2) is 13.2 Å². The van der Waals surface area contributed by atoms with Gasteiger partial charge in [0.15, 0.2) is 0 Å². The molecular weight excluding hydrogens is 234 g/mol. The molecule has 0 heterocycles. The fourth-order valence-corrected chi connectivity index (χ4v) is 1.65. The van der Waals surface area contributed by atoms with E-state index in [2.05, 4.69) is 26.1 Å². The Morgan fingerprint density at radius 2 is 2.18 bits per heavy atom. The number of hydrogen-bond acceptors (Lipinski definition) is 2. The lowest BCUT2D eigenvalue weighted by Crippen LogP contribution is -2.13. The number of allylic oxidation sites excluding steroid dienone is 1. The first-order valence-corrected chi connectivity index (χ1v) is 6.27. The third-order valence-electron chi connectivity index (χ3n) is 2.33. The Morgan fingerprint density at radius 1 is 1.41 bits per heavy atom. The van der Waals surface area contributed by atoms with Gasteiger partial charge in [0.1, 0.15) is 12.4 Å². The lowest BCUT2D eigenvalue weighted by atomic mass is 10.2. The number of rotatable bonds is 6. The van der Waals surface area contributed by atoms with E-state index >= 15 is 0 Å². The van der Waals surface area contributed by atoms with Crippen molar-refractivity contribution in [2.24, 2.45) is 0 Å². The molecule has 1 aromatic rings. The standard InChI is InChI=1S/C14H20ClNO/c1-4-16-10-12-6-5-7-13(15)14(12)17-9-8-11(2)3/h5-8,16H,4,9-10H2,1-3H3. The zero-order valence-electron chi connectivity index (χ0n) is 10.7. The second-order valence-electron chi connectivity index (χ2n) is 4.10. The third kappa shape index (κ3) is 4.80. The van der Waals surface area contributed by atoms with Crippen molar-refractivity contribution in [3.8, 4) is 5.75 Å². The minimum atomic E-state index is 0.561. The lowest BCUT2D eigenvalue weighted by Gasteiger charge is -2.12. The van der Waals surface area contributed by atoms with Gasteiger partial charge in [0, 0.05) is 12.1 Å². The Balaban J connectivity index is 2.76. The van der Waals surface area contributed by atoms with Crippen molar-refractivity contribution in [3.63, 3.8) is 0 Å². The normalized spacial score (nSPS) is 10.1. The van der Waals surface area contributed by atoms with E-state index in [1.165, 1.54) is 5.57 Å². The molecule has 0 fully saturated rings. The fourth-order valence-electron chi connectivity index (χ4n) is 1.41. The summed E-state index contributed by atoms with van der Waals surface area (Å²) in [7, 11) is 0. The maximum absolute atomic E-state index is 6.15. The van der Waals surface area contributed by atoms with Gasteiger partial charge in [-0.15, -0.1) is 0 Å². The third-order valence-corrected chi connectivity index (χ3v) is 2.63. The Bertz CT molecular complexity index is 384. The molecule has 0 atom stereocenters. The summed E-state index contributed by atoms with van der Waals surface area (Å²) in [5.74, 6) is 0.785. The van der Waals surface area contributed by atoms with Crippen molar-refractivity contribution in [1.82, 2.24) is 5.32 Å². The first-order valence-electron chi connectivity index (χ1n) is 5.89. The van der Waals surface area contributed by atoms with Gasteiger partial charge in [0.2, 0.25) is 0 Å². The zero-order chi connectivity index (χ0) is 12.7. The molecule has 0 saturated heterocycles. The predicted molar refractivity (Wildman–Crippen MR) is 73.8 cm³/mol. The van der Waals surface area contributed by atoms with Crippen LogP contribution in [0.4, 0.5) is 0 Å². The molecule has 2 nitrogen and oxygen atoms in total. The van der Waals surface area contributed by atoms with Crippen LogP contribution in [0.25, 0.3) is 0 Å². The number of halogens is 1. The number of nitrogens with one attached hydrogen (secondary N) is 1. The minimum Gasteiger partial charge on any atom is -0.488 e. The average molecular weight is 254 g/mol. The van der Waals surface area contributed by atoms with Crippen LogP contribution in [0.3, 0.4) is 0 Å².